The quantitative estimate of drug-likeness (QED) is 0.735. The standard InChI is InChI=1S/C8H12N2O2/c1-6(2)8-9-3-4-10(8)5-7(11)12/h3-4,6H,5H2,1-2H3,(H,11,12). The lowest BCUT2D eigenvalue weighted by Crippen LogP contribution is -2.11. The van der Waals surface area contributed by atoms with Gasteiger partial charge in [0.15, 0.2) is 0 Å². The maximum absolute atomic E-state index is 10.4. The number of rotatable bonds is 3. The van der Waals surface area contributed by atoms with Crippen LogP contribution >= 0.6 is 0 Å². The van der Waals surface area contributed by atoms with Crippen LogP contribution < -0.4 is 0 Å². The van der Waals surface area contributed by atoms with Crippen LogP contribution in [0, 0.1) is 0 Å². The second-order valence-corrected chi connectivity index (χ2v) is 2.96. The van der Waals surface area contributed by atoms with Crippen molar-refractivity contribution < 1.29 is 9.90 Å². The van der Waals surface area contributed by atoms with Crippen LogP contribution in [0.2, 0.25) is 0 Å². The molecule has 12 heavy (non-hydrogen) atoms. The summed E-state index contributed by atoms with van der Waals surface area (Å²) in [5, 5.41) is 8.54. The molecule has 0 saturated heterocycles. The molecule has 0 aliphatic rings. The molecule has 1 aromatic heterocycles. The van der Waals surface area contributed by atoms with Crippen LogP contribution in [0.4, 0.5) is 0 Å². The highest BCUT2D eigenvalue weighted by Gasteiger charge is 2.08. The fourth-order valence-electron chi connectivity index (χ4n) is 1.10. The van der Waals surface area contributed by atoms with Gasteiger partial charge in [0, 0.05) is 18.3 Å². The first-order chi connectivity index (χ1) is 5.61. The van der Waals surface area contributed by atoms with E-state index in [0.717, 1.165) is 5.82 Å². The van der Waals surface area contributed by atoms with Gasteiger partial charge in [0.1, 0.15) is 12.4 Å². The Morgan fingerprint density at radius 2 is 2.42 bits per heavy atom. The lowest BCUT2D eigenvalue weighted by Gasteiger charge is -2.06. The molecule has 66 valence electrons. The monoisotopic (exact) mass is 168 g/mol. The van der Waals surface area contributed by atoms with Crippen molar-refractivity contribution in [3.8, 4) is 0 Å². The number of nitrogens with zero attached hydrogens (tertiary/aromatic N) is 2. The summed E-state index contributed by atoms with van der Waals surface area (Å²) in [6.45, 7) is 3.97. The predicted octanol–water partition coefficient (Wildman–Crippen LogP) is 1.09. The fourth-order valence-corrected chi connectivity index (χ4v) is 1.10. The molecule has 0 bridgehead atoms. The minimum absolute atomic E-state index is 0.00644. The first kappa shape index (κ1) is 8.77. The molecule has 0 atom stereocenters. The summed E-state index contributed by atoms with van der Waals surface area (Å²) < 4.78 is 1.65. The molecular weight excluding hydrogens is 156 g/mol. The van der Waals surface area contributed by atoms with Gasteiger partial charge in [-0.15, -0.1) is 0 Å². The van der Waals surface area contributed by atoms with E-state index in [-0.39, 0.29) is 12.5 Å². The molecule has 0 unspecified atom stereocenters. The zero-order valence-corrected chi connectivity index (χ0v) is 7.19. The Bertz CT molecular complexity index is 278. The van der Waals surface area contributed by atoms with Crippen molar-refractivity contribution in [1.82, 2.24) is 9.55 Å². The summed E-state index contributed by atoms with van der Waals surface area (Å²) in [5.74, 6) is 0.242. The molecule has 4 heteroatoms. The van der Waals surface area contributed by atoms with Gasteiger partial charge in [-0.2, -0.15) is 0 Å². The molecule has 0 spiro atoms. The van der Waals surface area contributed by atoms with Crippen molar-refractivity contribution in [2.75, 3.05) is 0 Å². The van der Waals surface area contributed by atoms with E-state index in [1.54, 1.807) is 17.0 Å². The van der Waals surface area contributed by atoms with Gasteiger partial charge in [0.2, 0.25) is 0 Å². The third-order valence-corrected chi connectivity index (χ3v) is 1.57. The zero-order valence-electron chi connectivity index (χ0n) is 7.19. The van der Waals surface area contributed by atoms with Gasteiger partial charge in [-0.25, -0.2) is 4.98 Å². The van der Waals surface area contributed by atoms with E-state index in [2.05, 4.69) is 4.98 Å². The second-order valence-electron chi connectivity index (χ2n) is 2.96. The molecule has 1 rings (SSSR count). The molecule has 0 amide bonds. The molecule has 0 aromatic carbocycles. The zero-order chi connectivity index (χ0) is 9.14. The molecular formula is C8H12N2O2. The van der Waals surface area contributed by atoms with Gasteiger partial charge in [-0.1, -0.05) is 13.8 Å². The molecule has 0 aliphatic heterocycles. The third-order valence-electron chi connectivity index (χ3n) is 1.57. The molecule has 0 saturated carbocycles. The number of carboxylic acids is 1. The summed E-state index contributed by atoms with van der Waals surface area (Å²) in [5.41, 5.74) is 0. The maximum atomic E-state index is 10.4. The largest absolute Gasteiger partial charge is 0.480 e. The van der Waals surface area contributed by atoms with E-state index in [4.69, 9.17) is 5.11 Å². The smallest absolute Gasteiger partial charge is 0.323 e. The Kier molecular flexibility index (Phi) is 2.47. The Morgan fingerprint density at radius 3 is 2.92 bits per heavy atom. The van der Waals surface area contributed by atoms with E-state index < -0.39 is 5.97 Å². The SMILES string of the molecule is CC(C)c1nccn1CC(=O)O. The number of hydrogen-bond donors (Lipinski definition) is 1. The highest BCUT2D eigenvalue weighted by atomic mass is 16.4. The molecule has 1 heterocycles. The molecule has 4 nitrogen and oxygen atoms in total. The van der Waals surface area contributed by atoms with E-state index >= 15 is 0 Å². The molecule has 1 N–H and O–H groups in total. The Labute approximate surface area is 70.9 Å². The molecule has 0 fully saturated rings. The Hall–Kier alpha value is -1.32. The van der Waals surface area contributed by atoms with Crippen LogP contribution in [0.25, 0.3) is 0 Å². The van der Waals surface area contributed by atoms with Crippen molar-refractivity contribution in [3.63, 3.8) is 0 Å². The number of carboxylic acid groups (broad SMARTS) is 1. The number of imidazole rings is 1. The lowest BCUT2D eigenvalue weighted by molar-refractivity contribution is -0.137. The minimum Gasteiger partial charge on any atom is -0.480 e. The average Bonchev–Trinajstić information content (AvgIpc) is 2.33. The third kappa shape index (κ3) is 1.84. The van der Waals surface area contributed by atoms with E-state index in [1.807, 2.05) is 13.8 Å². The van der Waals surface area contributed by atoms with Crippen LogP contribution in [-0.2, 0) is 11.3 Å². The lowest BCUT2D eigenvalue weighted by atomic mass is 10.2. The normalized spacial score (nSPS) is 10.6. The van der Waals surface area contributed by atoms with Gasteiger partial charge in [-0.3, -0.25) is 4.79 Å². The van der Waals surface area contributed by atoms with Gasteiger partial charge in [-0.05, 0) is 0 Å². The van der Waals surface area contributed by atoms with Crippen LogP contribution in [0.1, 0.15) is 25.6 Å². The van der Waals surface area contributed by atoms with E-state index in [9.17, 15) is 4.79 Å². The second kappa shape index (κ2) is 3.38. The maximum Gasteiger partial charge on any atom is 0.323 e. The van der Waals surface area contributed by atoms with Crippen LogP contribution in [0.3, 0.4) is 0 Å². The summed E-state index contributed by atoms with van der Waals surface area (Å²) in [6.07, 6.45) is 3.31. The Morgan fingerprint density at radius 1 is 1.75 bits per heavy atom. The van der Waals surface area contributed by atoms with Gasteiger partial charge < -0.3 is 9.67 Å². The number of aromatic nitrogens is 2. The first-order valence-corrected chi connectivity index (χ1v) is 3.84. The minimum atomic E-state index is -0.838. The van der Waals surface area contributed by atoms with Crippen molar-refractivity contribution in [1.29, 1.82) is 0 Å². The van der Waals surface area contributed by atoms with E-state index in [1.165, 1.54) is 0 Å². The van der Waals surface area contributed by atoms with Crippen LogP contribution in [0.15, 0.2) is 12.4 Å². The number of carbonyl (C=O) groups is 1. The summed E-state index contributed by atoms with van der Waals surface area (Å²) in [4.78, 5) is 14.5. The summed E-state index contributed by atoms with van der Waals surface area (Å²) in [6, 6.07) is 0. The highest BCUT2D eigenvalue weighted by Crippen LogP contribution is 2.10. The van der Waals surface area contributed by atoms with Crippen LogP contribution in [-0.4, -0.2) is 20.6 Å². The number of hydrogen-bond acceptors (Lipinski definition) is 2. The van der Waals surface area contributed by atoms with Gasteiger partial charge in [0.25, 0.3) is 0 Å². The molecule has 1 aromatic rings. The van der Waals surface area contributed by atoms with Crippen molar-refractivity contribution in [3.05, 3.63) is 18.2 Å². The first-order valence-electron chi connectivity index (χ1n) is 3.84. The van der Waals surface area contributed by atoms with Crippen molar-refractivity contribution in [2.45, 2.75) is 26.3 Å². The van der Waals surface area contributed by atoms with Crippen molar-refractivity contribution >= 4 is 5.97 Å². The Balaban J connectivity index is 2.84. The topological polar surface area (TPSA) is 55.1 Å². The van der Waals surface area contributed by atoms with Crippen molar-refractivity contribution in [2.24, 2.45) is 0 Å². The highest BCUT2D eigenvalue weighted by molar-refractivity contribution is 5.66. The van der Waals surface area contributed by atoms with E-state index in [0.29, 0.717) is 0 Å². The van der Waals surface area contributed by atoms with Crippen LogP contribution in [0.5, 0.6) is 0 Å². The molecule has 0 aliphatic carbocycles. The predicted molar refractivity (Wildman–Crippen MR) is 44.0 cm³/mol. The molecule has 0 radical (unpaired) electrons. The summed E-state index contributed by atoms with van der Waals surface area (Å²) >= 11 is 0. The summed E-state index contributed by atoms with van der Waals surface area (Å²) in [7, 11) is 0. The van der Waals surface area contributed by atoms with Gasteiger partial charge in [0.05, 0.1) is 0 Å². The van der Waals surface area contributed by atoms with Gasteiger partial charge >= 0.3 is 5.97 Å². The fraction of sp³-hybridized carbons (Fsp3) is 0.500. The number of aliphatic carboxylic acids is 1. The average molecular weight is 168 g/mol.